The molecule has 28 heavy (non-hydrogen) atoms. The monoisotopic (exact) mass is 376 g/mol. The smallest absolute Gasteiger partial charge is 0.272 e. The lowest BCUT2D eigenvalue weighted by Gasteiger charge is -2.10. The van der Waals surface area contributed by atoms with Crippen LogP contribution in [0.3, 0.4) is 0 Å². The third-order valence-corrected chi connectivity index (χ3v) is 4.31. The van der Waals surface area contributed by atoms with Crippen molar-refractivity contribution < 1.29 is 9.72 Å². The van der Waals surface area contributed by atoms with Gasteiger partial charge >= 0.3 is 0 Å². The number of fused-ring (bicyclic) bond motifs is 1. The lowest BCUT2D eigenvalue weighted by molar-refractivity contribution is -0.384. The SMILES string of the molecule is CC(NC(=O)c1ccn(-c2ccc([N+](=O)[O-])cc2)n1)c1nc2ccccc2[nH]1. The molecular weight excluding hydrogens is 360 g/mol. The minimum atomic E-state index is -0.467. The molecule has 0 fully saturated rings. The van der Waals surface area contributed by atoms with E-state index in [1.165, 1.54) is 16.8 Å². The fourth-order valence-electron chi connectivity index (χ4n) is 2.83. The second-order valence-corrected chi connectivity index (χ2v) is 6.25. The zero-order chi connectivity index (χ0) is 19.7. The Hall–Kier alpha value is -4.01. The van der Waals surface area contributed by atoms with Crippen LogP contribution in [0.15, 0.2) is 60.8 Å². The van der Waals surface area contributed by atoms with Gasteiger partial charge in [-0.15, -0.1) is 0 Å². The summed E-state index contributed by atoms with van der Waals surface area (Å²) >= 11 is 0. The highest BCUT2D eigenvalue weighted by molar-refractivity contribution is 5.92. The highest BCUT2D eigenvalue weighted by Gasteiger charge is 2.17. The molecule has 2 heterocycles. The molecule has 2 N–H and O–H groups in total. The van der Waals surface area contributed by atoms with Gasteiger partial charge in [0.1, 0.15) is 5.82 Å². The first-order chi connectivity index (χ1) is 13.5. The van der Waals surface area contributed by atoms with Crippen LogP contribution in [0.4, 0.5) is 5.69 Å². The third kappa shape index (κ3) is 3.32. The summed E-state index contributed by atoms with van der Waals surface area (Å²) in [6.45, 7) is 1.84. The number of H-pyrrole nitrogens is 1. The lowest BCUT2D eigenvalue weighted by atomic mass is 10.3. The molecule has 0 aliphatic rings. The highest BCUT2D eigenvalue weighted by atomic mass is 16.6. The first-order valence-electron chi connectivity index (χ1n) is 8.57. The maximum atomic E-state index is 12.5. The molecule has 0 aliphatic carbocycles. The number of imidazole rings is 1. The van der Waals surface area contributed by atoms with Gasteiger partial charge in [0.15, 0.2) is 5.69 Å². The van der Waals surface area contributed by atoms with Gasteiger partial charge in [-0.2, -0.15) is 5.10 Å². The Balaban J connectivity index is 1.48. The maximum absolute atomic E-state index is 12.5. The molecule has 1 amide bonds. The van der Waals surface area contributed by atoms with Crippen molar-refractivity contribution in [2.75, 3.05) is 0 Å². The van der Waals surface area contributed by atoms with Gasteiger partial charge in [0, 0.05) is 18.3 Å². The predicted molar refractivity (Wildman–Crippen MR) is 102 cm³/mol. The van der Waals surface area contributed by atoms with E-state index >= 15 is 0 Å². The standard InChI is InChI=1S/C19H16N6O3/c1-12(18-21-15-4-2-3-5-16(15)22-18)20-19(26)17-10-11-24(23-17)13-6-8-14(9-7-13)25(27)28/h2-12H,1H3,(H,20,26)(H,21,22). The van der Waals surface area contributed by atoms with Crippen molar-refractivity contribution in [3.8, 4) is 5.69 Å². The van der Waals surface area contributed by atoms with Gasteiger partial charge in [0.2, 0.25) is 0 Å². The van der Waals surface area contributed by atoms with E-state index in [-0.39, 0.29) is 23.3 Å². The molecule has 9 nitrogen and oxygen atoms in total. The molecule has 2 aromatic carbocycles. The number of nitrogens with one attached hydrogen (secondary N) is 2. The number of nitro groups is 1. The molecule has 4 aromatic rings. The molecule has 0 aliphatic heterocycles. The minimum absolute atomic E-state index is 0.00599. The van der Waals surface area contributed by atoms with Crippen LogP contribution in [0.5, 0.6) is 0 Å². The number of carbonyl (C=O) groups excluding carboxylic acids is 1. The number of nitro benzene ring substituents is 1. The topological polar surface area (TPSA) is 119 Å². The van der Waals surface area contributed by atoms with Gasteiger partial charge < -0.3 is 10.3 Å². The number of hydrogen-bond acceptors (Lipinski definition) is 5. The predicted octanol–water partition coefficient (Wildman–Crippen LogP) is 3.15. The number of amides is 1. The average molecular weight is 376 g/mol. The van der Waals surface area contributed by atoms with E-state index in [4.69, 9.17) is 0 Å². The first kappa shape index (κ1) is 17.4. The molecule has 2 aromatic heterocycles. The van der Waals surface area contributed by atoms with Gasteiger partial charge in [-0.25, -0.2) is 9.67 Å². The van der Waals surface area contributed by atoms with Crippen LogP contribution in [0.25, 0.3) is 16.7 Å². The third-order valence-electron chi connectivity index (χ3n) is 4.31. The number of carbonyl (C=O) groups is 1. The van der Waals surface area contributed by atoms with Crippen LogP contribution in [-0.2, 0) is 0 Å². The van der Waals surface area contributed by atoms with Crippen molar-refractivity contribution in [3.63, 3.8) is 0 Å². The Kier molecular flexibility index (Phi) is 4.32. The summed E-state index contributed by atoms with van der Waals surface area (Å²) in [4.78, 5) is 30.5. The number of non-ortho nitro benzene ring substituents is 1. The van der Waals surface area contributed by atoms with E-state index in [1.54, 1.807) is 24.4 Å². The molecule has 0 saturated heterocycles. The average Bonchev–Trinajstić information content (AvgIpc) is 3.35. The summed E-state index contributed by atoms with van der Waals surface area (Å²) in [5.74, 6) is 0.318. The Morgan fingerprint density at radius 3 is 2.64 bits per heavy atom. The number of aromatic amines is 1. The van der Waals surface area contributed by atoms with Crippen molar-refractivity contribution >= 4 is 22.6 Å². The van der Waals surface area contributed by atoms with E-state index in [9.17, 15) is 14.9 Å². The van der Waals surface area contributed by atoms with Crippen molar-refractivity contribution in [2.24, 2.45) is 0 Å². The van der Waals surface area contributed by atoms with Crippen LogP contribution in [0.2, 0.25) is 0 Å². The van der Waals surface area contributed by atoms with E-state index in [0.29, 0.717) is 11.5 Å². The molecule has 4 rings (SSSR count). The number of rotatable bonds is 5. The van der Waals surface area contributed by atoms with Gasteiger partial charge in [-0.1, -0.05) is 12.1 Å². The van der Waals surface area contributed by atoms with Crippen molar-refractivity contribution in [2.45, 2.75) is 13.0 Å². The minimum Gasteiger partial charge on any atom is -0.341 e. The van der Waals surface area contributed by atoms with E-state index in [2.05, 4.69) is 20.4 Å². The lowest BCUT2D eigenvalue weighted by Crippen LogP contribution is -2.27. The molecule has 1 atom stereocenters. The molecule has 9 heteroatoms. The Bertz CT molecular complexity index is 1130. The first-order valence-corrected chi connectivity index (χ1v) is 8.57. The Morgan fingerprint density at radius 1 is 1.18 bits per heavy atom. The second-order valence-electron chi connectivity index (χ2n) is 6.25. The van der Waals surface area contributed by atoms with Crippen LogP contribution < -0.4 is 5.32 Å². The van der Waals surface area contributed by atoms with E-state index in [0.717, 1.165) is 11.0 Å². The molecule has 0 bridgehead atoms. The fourth-order valence-corrected chi connectivity index (χ4v) is 2.83. The number of aromatic nitrogens is 4. The summed E-state index contributed by atoms with van der Waals surface area (Å²) in [7, 11) is 0. The van der Waals surface area contributed by atoms with Crippen LogP contribution in [0, 0.1) is 10.1 Å². The highest BCUT2D eigenvalue weighted by Crippen LogP contribution is 2.17. The molecule has 0 radical (unpaired) electrons. The van der Waals surface area contributed by atoms with Crippen molar-refractivity contribution in [1.29, 1.82) is 0 Å². The number of para-hydroxylation sites is 2. The molecule has 0 spiro atoms. The van der Waals surface area contributed by atoms with Gasteiger partial charge in [0.25, 0.3) is 11.6 Å². The van der Waals surface area contributed by atoms with E-state index < -0.39 is 4.92 Å². The quantitative estimate of drug-likeness (QED) is 0.410. The number of nitrogens with zero attached hydrogens (tertiary/aromatic N) is 4. The van der Waals surface area contributed by atoms with Crippen LogP contribution in [0.1, 0.15) is 29.3 Å². The number of hydrogen-bond donors (Lipinski definition) is 2. The van der Waals surface area contributed by atoms with Gasteiger partial charge in [-0.05, 0) is 37.3 Å². The summed E-state index contributed by atoms with van der Waals surface area (Å²) in [6, 6.07) is 14.8. The Labute approximate surface area is 159 Å². The normalized spacial score (nSPS) is 12.0. The summed E-state index contributed by atoms with van der Waals surface area (Å²) < 4.78 is 1.49. The van der Waals surface area contributed by atoms with Crippen molar-refractivity contribution in [1.82, 2.24) is 25.1 Å². The van der Waals surface area contributed by atoms with Crippen molar-refractivity contribution in [3.05, 3.63) is 82.4 Å². The summed E-state index contributed by atoms with van der Waals surface area (Å²) in [5, 5.41) is 17.9. The summed E-state index contributed by atoms with van der Waals surface area (Å²) in [6.07, 6.45) is 1.63. The molecule has 140 valence electrons. The van der Waals surface area contributed by atoms with Crippen LogP contribution >= 0.6 is 0 Å². The second kappa shape index (κ2) is 6.95. The van der Waals surface area contributed by atoms with Crippen LogP contribution in [-0.4, -0.2) is 30.6 Å². The number of benzene rings is 2. The summed E-state index contributed by atoms with van der Waals surface area (Å²) in [5.41, 5.74) is 2.59. The fraction of sp³-hybridized carbons (Fsp3) is 0.105. The van der Waals surface area contributed by atoms with Gasteiger partial charge in [-0.3, -0.25) is 14.9 Å². The zero-order valence-electron chi connectivity index (χ0n) is 14.9. The Morgan fingerprint density at radius 2 is 1.93 bits per heavy atom. The van der Waals surface area contributed by atoms with E-state index in [1.807, 2.05) is 31.2 Å². The molecule has 1 unspecified atom stereocenters. The molecule has 0 saturated carbocycles. The molecular formula is C19H16N6O3. The largest absolute Gasteiger partial charge is 0.341 e. The maximum Gasteiger partial charge on any atom is 0.272 e. The zero-order valence-corrected chi connectivity index (χ0v) is 14.9. The van der Waals surface area contributed by atoms with Gasteiger partial charge in [0.05, 0.1) is 27.7 Å².